The molecule has 0 bridgehead atoms. The van der Waals surface area contributed by atoms with Crippen LogP contribution in [0.3, 0.4) is 0 Å². The summed E-state index contributed by atoms with van der Waals surface area (Å²) in [5, 5.41) is 7.77. The fourth-order valence-corrected chi connectivity index (χ4v) is 1.82. The monoisotopic (exact) mass is 243 g/mol. The van der Waals surface area contributed by atoms with E-state index >= 15 is 0 Å². The van der Waals surface area contributed by atoms with E-state index in [2.05, 4.69) is 43.2 Å². The Morgan fingerprint density at radius 3 is 2.56 bits per heavy atom. The van der Waals surface area contributed by atoms with E-state index < -0.39 is 0 Å². The summed E-state index contributed by atoms with van der Waals surface area (Å²) < 4.78 is 5.27. The number of aromatic nitrogens is 2. The maximum atomic E-state index is 5.27. The summed E-state index contributed by atoms with van der Waals surface area (Å²) in [6.07, 6.45) is 0. The van der Waals surface area contributed by atoms with Crippen molar-refractivity contribution in [2.75, 3.05) is 7.05 Å². The van der Waals surface area contributed by atoms with Gasteiger partial charge in [-0.2, -0.15) is 16.7 Å². The van der Waals surface area contributed by atoms with Crippen molar-refractivity contribution in [3.63, 3.8) is 0 Å². The van der Waals surface area contributed by atoms with Gasteiger partial charge in [0.25, 0.3) is 0 Å². The molecule has 0 aliphatic heterocycles. The predicted molar refractivity (Wildman–Crippen MR) is 67.7 cm³/mol. The summed E-state index contributed by atoms with van der Waals surface area (Å²) in [6.45, 7) is 8.53. The van der Waals surface area contributed by atoms with Gasteiger partial charge in [0.05, 0.1) is 11.7 Å². The third kappa shape index (κ3) is 3.79. The molecular weight excluding hydrogens is 222 g/mol. The van der Waals surface area contributed by atoms with E-state index in [1.807, 2.05) is 18.8 Å². The fourth-order valence-electron chi connectivity index (χ4n) is 1.22. The van der Waals surface area contributed by atoms with E-state index in [-0.39, 0.29) is 5.92 Å². The van der Waals surface area contributed by atoms with E-state index in [1.54, 1.807) is 0 Å². The van der Waals surface area contributed by atoms with Crippen LogP contribution in [-0.4, -0.2) is 28.5 Å². The molecule has 1 heterocycles. The van der Waals surface area contributed by atoms with Gasteiger partial charge >= 0.3 is 0 Å². The van der Waals surface area contributed by atoms with Gasteiger partial charge < -0.3 is 9.84 Å². The van der Waals surface area contributed by atoms with Crippen LogP contribution in [0, 0.1) is 0 Å². The van der Waals surface area contributed by atoms with Gasteiger partial charge in [0, 0.05) is 6.04 Å². The molecule has 0 aliphatic rings. The lowest BCUT2D eigenvalue weighted by molar-refractivity contribution is 0.334. The average Bonchev–Trinajstić information content (AvgIpc) is 2.72. The van der Waals surface area contributed by atoms with Crippen LogP contribution in [0.25, 0.3) is 0 Å². The summed E-state index contributed by atoms with van der Waals surface area (Å²) in [7, 11) is 1.94. The van der Waals surface area contributed by atoms with Crippen LogP contribution in [0.15, 0.2) is 4.52 Å². The molecule has 16 heavy (non-hydrogen) atoms. The van der Waals surface area contributed by atoms with E-state index in [0.29, 0.717) is 11.3 Å². The molecule has 1 aromatic heterocycles. The molecule has 1 rings (SSSR count). The van der Waals surface area contributed by atoms with Crippen molar-refractivity contribution in [3.05, 3.63) is 11.7 Å². The van der Waals surface area contributed by atoms with Crippen LogP contribution in [0.5, 0.6) is 0 Å². The summed E-state index contributed by atoms with van der Waals surface area (Å²) in [6, 6.07) is 0.339. The van der Waals surface area contributed by atoms with Gasteiger partial charge in [-0.3, -0.25) is 0 Å². The lowest BCUT2D eigenvalue weighted by Gasteiger charge is -2.14. The molecule has 92 valence electrons. The lowest BCUT2D eigenvalue weighted by atomic mass is 10.0. The molecule has 0 aliphatic carbocycles. The van der Waals surface area contributed by atoms with E-state index in [9.17, 15) is 0 Å². The molecule has 4 nitrogen and oxygen atoms in total. The molecule has 0 radical (unpaired) electrons. The largest absolute Gasteiger partial charge is 0.339 e. The second-order valence-corrected chi connectivity index (χ2v) is 5.84. The van der Waals surface area contributed by atoms with Crippen molar-refractivity contribution >= 4 is 11.8 Å². The number of nitrogens with zero attached hydrogens (tertiary/aromatic N) is 2. The van der Waals surface area contributed by atoms with Gasteiger partial charge in [0.15, 0.2) is 5.82 Å². The zero-order valence-corrected chi connectivity index (χ0v) is 11.5. The number of hydrogen-bond acceptors (Lipinski definition) is 5. The van der Waals surface area contributed by atoms with Crippen LogP contribution in [0.4, 0.5) is 0 Å². The van der Waals surface area contributed by atoms with Crippen molar-refractivity contribution in [1.82, 2.24) is 15.5 Å². The summed E-state index contributed by atoms with van der Waals surface area (Å²) >= 11 is 1.82. The van der Waals surface area contributed by atoms with Crippen molar-refractivity contribution < 1.29 is 4.52 Å². The Morgan fingerprint density at radius 2 is 2.00 bits per heavy atom. The molecule has 0 saturated carbocycles. The maximum Gasteiger partial charge on any atom is 0.231 e. The minimum atomic E-state index is 0.246. The number of hydrogen-bond donors (Lipinski definition) is 1. The first-order valence-electron chi connectivity index (χ1n) is 5.66. The highest BCUT2D eigenvalue weighted by atomic mass is 32.2. The quantitative estimate of drug-likeness (QED) is 0.831. The Hall–Kier alpha value is -0.550. The molecule has 1 aromatic rings. The second-order valence-electron chi connectivity index (χ2n) is 4.27. The van der Waals surface area contributed by atoms with E-state index in [0.717, 1.165) is 17.5 Å². The summed E-state index contributed by atoms with van der Waals surface area (Å²) in [5.41, 5.74) is 0. The van der Waals surface area contributed by atoms with Gasteiger partial charge in [-0.05, 0) is 19.2 Å². The Bertz CT molecular complexity index is 314. The SMILES string of the molecule is CNC(C)C(C)c1nc(CSC(C)C)no1. The number of nitrogens with one attached hydrogen (secondary N) is 1. The lowest BCUT2D eigenvalue weighted by Crippen LogP contribution is -2.27. The van der Waals surface area contributed by atoms with Crippen molar-refractivity contribution in [3.8, 4) is 0 Å². The highest BCUT2D eigenvalue weighted by Gasteiger charge is 2.19. The molecule has 2 unspecified atom stereocenters. The first-order chi connectivity index (χ1) is 7.54. The highest BCUT2D eigenvalue weighted by Crippen LogP contribution is 2.19. The number of thioether (sulfide) groups is 1. The zero-order chi connectivity index (χ0) is 12.1. The first kappa shape index (κ1) is 13.5. The van der Waals surface area contributed by atoms with Crippen LogP contribution < -0.4 is 5.32 Å². The minimum Gasteiger partial charge on any atom is -0.339 e. The fraction of sp³-hybridized carbons (Fsp3) is 0.818. The molecular formula is C11H21N3OS. The van der Waals surface area contributed by atoms with Crippen LogP contribution in [-0.2, 0) is 5.75 Å². The second kappa shape index (κ2) is 6.25. The number of rotatable bonds is 6. The van der Waals surface area contributed by atoms with Gasteiger partial charge in [0.1, 0.15) is 0 Å². The Balaban J connectivity index is 2.57. The first-order valence-corrected chi connectivity index (χ1v) is 6.70. The summed E-state index contributed by atoms with van der Waals surface area (Å²) in [4.78, 5) is 4.41. The molecule has 0 amide bonds. The molecule has 0 spiro atoms. The Labute approximate surface area is 102 Å². The van der Waals surface area contributed by atoms with E-state index in [4.69, 9.17) is 4.52 Å². The highest BCUT2D eigenvalue weighted by molar-refractivity contribution is 7.99. The molecule has 1 N–H and O–H groups in total. The Kier molecular flexibility index (Phi) is 5.28. The topological polar surface area (TPSA) is 51.0 Å². The van der Waals surface area contributed by atoms with Gasteiger partial charge in [-0.25, -0.2) is 0 Å². The number of likely N-dealkylation sites (N-methyl/N-ethyl adjacent to an activating group) is 1. The normalized spacial score (nSPS) is 15.4. The molecule has 0 aromatic carbocycles. The average molecular weight is 243 g/mol. The molecule has 0 saturated heterocycles. The van der Waals surface area contributed by atoms with Gasteiger partial charge in [0.2, 0.25) is 5.89 Å². The van der Waals surface area contributed by atoms with Crippen LogP contribution >= 0.6 is 11.8 Å². The van der Waals surface area contributed by atoms with Crippen LogP contribution in [0.2, 0.25) is 0 Å². The third-order valence-corrected chi connectivity index (χ3v) is 3.72. The third-order valence-electron chi connectivity index (χ3n) is 2.62. The molecule has 5 heteroatoms. The smallest absolute Gasteiger partial charge is 0.231 e. The maximum absolute atomic E-state index is 5.27. The van der Waals surface area contributed by atoms with Crippen molar-refractivity contribution in [2.24, 2.45) is 0 Å². The summed E-state index contributed by atoms with van der Waals surface area (Å²) in [5.74, 6) is 2.59. The minimum absolute atomic E-state index is 0.246. The van der Waals surface area contributed by atoms with E-state index in [1.165, 1.54) is 0 Å². The Morgan fingerprint density at radius 1 is 1.31 bits per heavy atom. The van der Waals surface area contributed by atoms with Crippen molar-refractivity contribution in [2.45, 2.75) is 50.7 Å². The van der Waals surface area contributed by atoms with Gasteiger partial charge in [-0.15, -0.1) is 0 Å². The predicted octanol–water partition coefficient (Wildman–Crippen LogP) is 2.42. The zero-order valence-electron chi connectivity index (χ0n) is 10.7. The molecule has 0 fully saturated rings. The van der Waals surface area contributed by atoms with Crippen LogP contribution in [0.1, 0.15) is 45.3 Å². The standard InChI is InChI=1S/C11H21N3OS/c1-7(2)16-6-10-13-11(15-14-10)8(3)9(4)12-5/h7-9,12H,6H2,1-5H3. The molecule has 2 atom stereocenters. The van der Waals surface area contributed by atoms with Crippen molar-refractivity contribution in [1.29, 1.82) is 0 Å². The van der Waals surface area contributed by atoms with Gasteiger partial charge in [-0.1, -0.05) is 25.9 Å².